The second-order valence-electron chi connectivity index (χ2n) is 7.75. The van der Waals surface area contributed by atoms with E-state index in [0.29, 0.717) is 5.69 Å². The molecule has 2 aliphatic rings. The number of carbonyl (C=O) groups excluding carboxylic acids is 1. The van der Waals surface area contributed by atoms with E-state index in [-0.39, 0.29) is 17.5 Å². The quantitative estimate of drug-likeness (QED) is 0.804. The number of carbonyl (C=O) groups is 1. The summed E-state index contributed by atoms with van der Waals surface area (Å²) < 4.78 is 7.23. The van der Waals surface area contributed by atoms with Crippen molar-refractivity contribution < 1.29 is 9.53 Å². The highest BCUT2D eigenvalue weighted by molar-refractivity contribution is 6.31. The van der Waals surface area contributed by atoms with Crippen LogP contribution in [0.5, 0.6) is 0 Å². The molecule has 1 amide bonds. The average Bonchev–Trinajstić information content (AvgIpc) is 3.31. The fourth-order valence-corrected chi connectivity index (χ4v) is 4.45. The van der Waals surface area contributed by atoms with Gasteiger partial charge in [0.2, 0.25) is 0 Å². The Labute approximate surface area is 164 Å². The Kier molecular flexibility index (Phi) is 5.19. The molecule has 0 aliphatic carbocycles. The van der Waals surface area contributed by atoms with Crippen molar-refractivity contribution in [1.82, 2.24) is 19.9 Å². The zero-order chi connectivity index (χ0) is 18.9. The van der Waals surface area contributed by atoms with Crippen molar-refractivity contribution in [2.45, 2.75) is 50.6 Å². The van der Waals surface area contributed by atoms with Crippen LogP contribution in [0.15, 0.2) is 30.5 Å². The minimum atomic E-state index is -0.259. The third kappa shape index (κ3) is 3.73. The molecule has 1 unspecified atom stereocenters. The van der Waals surface area contributed by atoms with E-state index in [1.54, 1.807) is 6.20 Å². The normalized spacial score (nSPS) is 23.7. The van der Waals surface area contributed by atoms with Crippen LogP contribution in [0.4, 0.5) is 0 Å². The summed E-state index contributed by atoms with van der Waals surface area (Å²) in [6.07, 6.45) is 6.30. The van der Waals surface area contributed by atoms with Crippen LogP contribution in [0, 0.1) is 0 Å². The summed E-state index contributed by atoms with van der Waals surface area (Å²) in [6.45, 7) is 4.35. The first kappa shape index (κ1) is 18.4. The van der Waals surface area contributed by atoms with E-state index in [4.69, 9.17) is 16.3 Å². The predicted octanol–water partition coefficient (Wildman–Crippen LogP) is 3.52. The summed E-state index contributed by atoms with van der Waals surface area (Å²) in [6, 6.07) is 8.13. The molecule has 2 saturated heterocycles. The lowest BCUT2D eigenvalue weighted by Crippen LogP contribution is -2.46. The van der Waals surface area contributed by atoms with Gasteiger partial charge < -0.3 is 9.64 Å². The number of rotatable bonds is 4. The first-order chi connectivity index (χ1) is 13.1. The fourth-order valence-electron chi connectivity index (χ4n) is 4.25. The zero-order valence-corrected chi connectivity index (χ0v) is 16.4. The molecule has 2 fully saturated rings. The molecule has 0 spiro atoms. The number of amides is 1. The van der Waals surface area contributed by atoms with Gasteiger partial charge in [0.25, 0.3) is 5.91 Å². The van der Waals surface area contributed by atoms with E-state index in [9.17, 15) is 4.79 Å². The minimum Gasteiger partial charge on any atom is -0.381 e. The van der Waals surface area contributed by atoms with E-state index in [1.165, 1.54) is 0 Å². The maximum atomic E-state index is 13.2. The van der Waals surface area contributed by atoms with Crippen molar-refractivity contribution >= 4 is 17.5 Å². The van der Waals surface area contributed by atoms with Gasteiger partial charge in [-0.2, -0.15) is 0 Å². The van der Waals surface area contributed by atoms with Crippen molar-refractivity contribution in [3.63, 3.8) is 0 Å². The third-order valence-electron chi connectivity index (χ3n) is 5.82. The largest absolute Gasteiger partial charge is 0.381 e. The van der Waals surface area contributed by atoms with Gasteiger partial charge in [-0.15, -0.1) is 5.10 Å². The molecule has 7 heteroatoms. The number of hydrogen-bond donors (Lipinski definition) is 0. The van der Waals surface area contributed by atoms with Crippen molar-refractivity contribution in [1.29, 1.82) is 0 Å². The molecule has 27 heavy (non-hydrogen) atoms. The second kappa shape index (κ2) is 7.60. The third-order valence-corrected chi connectivity index (χ3v) is 6.19. The first-order valence-corrected chi connectivity index (χ1v) is 10.00. The van der Waals surface area contributed by atoms with Crippen LogP contribution >= 0.6 is 11.6 Å². The van der Waals surface area contributed by atoms with Gasteiger partial charge in [-0.05, 0) is 50.7 Å². The summed E-state index contributed by atoms with van der Waals surface area (Å²) in [4.78, 5) is 15.1. The Hall–Kier alpha value is -1.92. The molecule has 6 nitrogen and oxygen atoms in total. The molecule has 2 aliphatic heterocycles. The number of aromatic nitrogens is 3. The van der Waals surface area contributed by atoms with Gasteiger partial charge >= 0.3 is 0 Å². The van der Waals surface area contributed by atoms with E-state index in [0.717, 1.165) is 62.4 Å². The van der Waals surface area contributed by atoms with E-state index in [1.807, 2.05) is 33.8 Å². The molecule has 0 saturated carbocycles. The van der Waals surface area contributed by atoms with Crippen molar-refractivity contribution in [2.24, 2.45) is 0 Å². The topological polar surface area (TPSA) is 60.2 Å². The molecular weight excluding hydrogens is 364 g/mol. The Bertz CT molecular complexity index is 818. The van der Waals surface area contributed by atoms with E-state index >= 15 is 0 Å². The van der Waals surface area contributed by atoms with Crippen LogP contribution in [0.25, 0.3) is 0 Å². The van der Waals surface area contributed by atoms with Crippen LogP contribution in [0.1, 0.15) is 54.7 Å². The molecule has 3 heterocycles. The number of halogens is 1. The molecule has 2 aromatic rings. The summed E-state index contributed by atoms with van der Waals surface area (Å²) in [5.41, 5.74) is 1.24. The van der Waals surface area contributed by atoms with Crippen molar-refractivity contribution in [3.8, 4) is 0 Å². The summed E-state index contributed by atoms with van der Waals surface area (Å²) in [5.74, 6) is -0.0413. The minimum absolute atomic E-state index is 0.0413. The van der Waals surface area contributed by atoms with Crippen LogP contribution < -0.4 is 0 Å². The standard InChI is InChI=1S/C20H25ClN4O2/c1-20(13-15-5-2-3-6-17(15)21)9-4-10-24(20)19(26)18-14-25(23-22-18)16-7-11-27-12-8-16/h2-3,5-6,14,16H,4,7-13H2,1H3. The van der Waals surface area contributed by atoms with Gasteiger partial charge in [0.15, 0.2) is 5.69 Å². The van der Waals surface area contributed by atoms with E-state index < -0.39 is 0 Å². The fraction of sp³-hybridized carbons (Fsp3) is 0.550. The number of likely N-dealkylation sites (tertiary alicyclic amines) is 1. The summed E-state index contributed by atoms with van der Waals surface area (Å²) in [7, 11) is 0. The lowest BCUT2D eigenvalue weighted by Gasteiger charge is -2.35. The van der Waals surface area contributed by atoms with Crippen molar-refractivity contribution in [3.05, 3.63) is 46.7 Å². The predicted molar refractivity (Wildman–Crippen MR) is 103 cm³/mol. The summed E-state index contributed by atoms with van der Waals surface area (Å²) >= 11 is 6.36. The SMILES string of the molecule is CC1(Cc2ccccc2Cl)CCCN1C(=O)c1cn(C2CCOCC2)nn1. The molecular formula is C20H25ClN4O2. The molecule has 144 valence electrons. The van der Waals surface area contributed by atoms with Gasteiger partial charge in [-0.25, -0.2) is 4.68 Å². The molecule has 0 N–H and O–H groups in total. The Morgan fingerprint density at radius 3 is 2.89 bits per heavy atom. The Morgan fingerprint density at radius 2 is 2.11 bits per heavy atom. The lowest BCUT2D eigenvalue weighted by molar-refractivity contribution is 0.0617. The van der Waals surface area contributed by atoms with Crippen LogP contribution in [-0.4, -0.2) is 51.1 Å². The summed E-state index contributed by atoms with van der Waals surface area (Å²) in [5, 5.41) is 9.15. The maximum Gasteiger partial charge on any atom is 0.276 e. The molecule has 4 rings (SSSR count). The Balaban J connectivity index is 1.52. The molecule has 1 atom stereocenters. The number of benzene rings is 1. The van der Waals surface area contributed by atoms with Gasteiger partial charge in [0.05, 0.1) is 12.2 Å². The van der Waals surface area contributed by atoms with Crippen LogP contribution in [0.2, 0.25) is 5.02 Å². The van der Waals surface area contributed by atoms with Gasteiger partial charge in [0, 0.05) is 30.3 Å². The van der Waals surface area contributed by atoms with Gasteiger partial charge in [-0.1, -0.05) is 35.0 Å². The Morgan fingerprint density at radius 1 is 1.33 bits per heavy atom. The number of nitrogens with zero attached hydrogens (tertiary/aromatic N) is 4. The highest BCUT2D eigenvalue weighted by atomic mass is 35.5. The smallest absolute Gasteiger partial charge is 0.276 e. The highest BCUT2D eigenvalue weighted by Gasteiger charge is 2.41. The van der Waals surface area contributed by atoms with Crippen molar-refractivity contribution in [2.75, 3.05) is 19.8 Å². The second-order valence-corrected chi connectivity index (χ2v) is 8.16. The van der Waals surface area contributed by atoms with Crippen LogP contribution in [0.3, 0.4) is 0 Å². The van der Waals surface area contributed by atoms with E-state index in [2.05, 4.69) is 17.2 Å². The van der Waals surface area contributed by atoms with Gasteiger partial charge in [0.1, 0.15) is 0 Å². The monoisotopic (exact) mass is 388 g/mol. The molecule has 0 radical (unpaired) electrons. The van der Waals surface area contributed by atoms with Crippen LogP contribution in [-0.2, 0) is 11.2 Å². The first-order valence-electron chi connectivity index (χ1n) is 9.62. The number of hydrogen-bond acceptors (Lipinski definition) is 4. The highest BCUT2D eigenvalue weighted by Crippen LogP contribution is 2.35. The lowest BCUT2D eigenvalue weighted by atomic mass is 9.90. The molecule has 0 bridgehead atoms. The average molecular weight is 389 g/mol. The zero-order valence-electron chi connectivity index (χ0n) is 15.6. The number of ether oxygens (including phenoxy) is 1. The molecule has 1 aromatic carbocycles. The molecule has 1 aromatic heterocycles. The maximum absolute atomic E-state index is 13.2. The van der Waals surface area contributed by atoms with Gasteiger partial charge in [-0.3, -0.25) is 4.79 Å².